The molecule has 11 nitrogen and oxygen atoms in total. The first kappa shape index (κ1) is 31.4. The molecule has 48 heavy (non-hydrogen) atoms. The van der Waals surface area contributed by atoms with Crippen molar-refractivity contribution in [1.82, 2.24) is 19.7 Å². The maximum Gasteiger partial charge on any atom is 0.227 e. The van der Waals surface area contributed by atoms with Gasteiger partial charge in [0, 0.05) is 64.4 Å². The Hall–Kier alpha value is -5.21. The summed E-state index contributed by atoms with van der Waals surface area (Å²) >= 11 is 0. The highest BCUT2D eigenvalue weighted by molar-refractivity contribution is 7.88. The first-order valence-electron chi connectivity index (χ1n) is 15.4. The van der Waals surface area contributed by atoms with Crippen LogP contribution in [0.15, 0.2) is 71.6 Å². The van der Waals surface area contributed by atoms with Gasteiger partial charge in [-0.2, -0.15) is 0 Å². The predicted octanol–water partition coefficient (Wildman–Crippen LogP) is 4.59. The fraction of sp³-hybridized carbons (Fsp3) is 0.235. The molecule has 3 heterocycles. The van der Waals surface area contributed by atoms with Gasteiger partial charge in [-0.3, -0.25) is 14.8 Å². The van der Waals surface area contributed by atoms with Crippen molar-refractivity contribution in [2.24, 2.45) is 16.6 Å². The average molecular weight is 671 g/mol. The summed E-state index contributed by atoms with van der Waals surface area (Å²) < 4.78 is 56.1. The third-order valence-electron chi connectivity index (χ3n) is 8.57. The fourth-order valence-electron chi connectivity index (χ4n) is 5.96. The van der Waals surface area contributed by atoms with Crippen molar-refractivity contribution < 1.29 is 22.0 Å². The van der Waals surface area contributed by atoms with Crippen LogP contribution in [0, 0.1) is 17.6 Å². The molecule has 14 heteroatoms. The van der Waals surface area contributed by atoms with E-state index in [1.165, 1.54) is 30.6 Å². The lowest BCUT2D eigenvalue weighted by Gasteiger charge is -2.24. The summed E-state index contributed by atoms with van der Waals surface area (Å²) in [6, 6.07) is 9.09. The highest BCUT2D eigenvalue weighted by Crippen LogP contribution is 2.35. The number of nitrogens with one attached hydrogen (secondary N) is 4. The van der Waals surface area contributed by atoms with Crippen LogP contribution in [0.4, 0.5) is 20.2 Å². The summed E-state index contributed by atoms with van der Waals surface area (Å²) in [5, 5.41) is 6.02. The zero-order chi connectivity index (χ0) is 33.6. The number of halogens is 2. The standard InChI is InChI=1S/C34H32F2N8O3S/c1-48(46,47)41-14-18-7-20(9-22(35)8-18)25-6-5-23(37)11-30-31(25)44-33(43-30)32-27-12-26(28(36)13-29(27)39-17-40-32)21-10-24(16-38-15-21)42-34(45)19-3-2-4-19/h5-10,12-13,15-16,19,39,41H,2-4,11,14,17,37H2,1H3,(H,42,45)(H,43,44). The molecule has 2 aromatic carbocycles. The number of carbonyl (C=O) groups excluding carboxylic acids is 1. The van der Waals surface area contributed by atoms with Gasteiger partial charge in [0.25, 0.3) is 0 Å². The number of sulfonamides is 1. The molecule has 1 saturated carbocycles. The molecule has 4 aromatic rings. The molecule has 3 aliphatic rings. The SMILES string of the molecule is CS(=O)(=O)NCc1cc(F)cc(C2=CC=C(N)Cc3[nH]c(C4=NCNc5cc(F)c(-c6cncc(NC(=O)C7CCC7)c6)cc54)nc32)c1. The van der Waals surface area contributed by atoms with Gasteiger partial charge in [-0.25, -0.2) is 26.9 Å². The number of benzene rings is 2. The van der Waals surface area contributed by atoms with Crippen LogP contribution in [0.1, 0.15) is 53.2 Å². The lowest BCUT2D eigenvalue weighted by Crippen LogP contribution is -2.28. The average Bonchev–Trinajstić information content (AvgIpc) is 3.33. The molecular weight excluding hydrogens is 638 g/mol. The van der Waals surface area contributed by atoms with Gasteiger partial charge >= 0.3 is 0 Å². The molecule has 1 aliphatic heterocycles. The molecule has 246 valence electrons. The molecular formula is C34H32F2N8O3S. The van der Waals surface area contributed by atoms with Gasteiger partial charge < -0.3 is 21.4 Å². The van der Waals surface area contributed by atoms with Crippen LogP contribution in [0.3, 0.4) is 0 Å². The Labute approximate surface area is 275 Å². The van der Waals surface area contributed by atoms with Gasteiger partial charge in [-0.05, 0) is 66.4 Å². The minimum Gasteiger partial charge on any atom is -0.402 e. The number of nitrogens with two attached hydrogens (primary N) is 1. The molecule has 6 N–H and O–H groups in total. The van der Waals surface area contributed by atoms with E-state index in [0.717, 1.165) is 25.5 Å². The van der Waals surface area contributed by atoms with Crippen LogP contribution in [0.5, 0.6) is 0 Å². The van der Waals surface area contributed by atoms with E-state index in [4.69, 9.17) is 10.7 Å². The summed E-state index contributed by atoms with van der Waals surface area (Å²) in [4.78, 5) is 29.7. The fourth-order valence-corrected chi connectivity index (χ4v) is 6.39. The maximum absolute atomic E-state index is 15.6. The number of hydrogen-bond acceptors (Lipinski definition) is 8. The lowest BCUT2D eigenvalue weighted by atomic mass is 9.85. The van der Waals surface area contributed by atoms with E-state index in [1.54, 1.807) is 30.4 Å². The first-order valence-corrected chi connectivity index (χ1v) is 17.3. The van der Waals surface area contributed by atoms with Crippen molar-refractivity contribution in [2.45, 2.75) is 32.2 Å². The van der Waals surface area contributed by atoms with Crippen LogP contribution >= 0.6 is 0 Å². The number of aromatic amines is 1. The van der Waals surface area contributed by atoms with Crippen LogP contribution in [-0.2, 0) is 27.8 Å². The number of nitrogens with zero attached hydrogens (tertiary/aromatic N) is 3. The summed E-state index contributed by atoms with van der Waals surface area (Å²) in [6.07, 6.45) is 10.7. The summed E-state index contributed by atoms with van der Waals surface area (Å²) in [5.74, 6) is -0.674. The first-order chi connectivity index (χ1) is 23.0. The number of anilines is 2. The largest absolute Gasteiger partial charge is 0.402 e. The van der Waals surface area contributed by atoms with E-state index in [0.29, 0.717) is 74.2 Å². The third-order valence-corrected chi connectivity index (χ3v) is 9.24. The Morgan fingerprint density at radius 1 is 1.04 bits per heavy atom. The number of aliphatic imine (C=N–C) groups is 1. The smallest absolute Gasteiger partial charge is 0.227 e. The van der Waals surface area contributed by atoms with E-state index in [-0.39, 0.29) is 30.6 Å². The van der Waals surface area contributed by atoms with E-state index in [1.807, 2.05) is 0 Å². The van der Waals surface area contributed by atoms with Gasteiger partial charge in [0.2, 0.25) is 15.9 Å². The topological polar surface area (TPSA) is 167 Å². The summed E-state index contributed by atoms with van der Waals surface area (Å²) in [6.45, 7) is 0.0976. The van der Waals surface area contributed by atoms with Crippen molar-refractivity contribution in [3.8, 4) is 11.1 Å². The molecule has 0 bridgehead atoms. The zero-order valence-electron chi connectivity index (χ0n) is 25.9. The number of H-pyrrole nitrogens is 1. The molecule has 0 atom stereocenters. The second kappa shape index (κ2) is 12.4. The van der Waals surface area contributed by atoms with Crippen molar-refractivity contribution in [2.75, 3.05) is 23.6 Å². The number of allylic oxidation sites excluding steroid dienone is 3. The summed E-state index contributed by atoms with van der Waals surface area (Å²) in [5.41, 5.74) is 12.4. The van der Waals surface area contributed by atoms with Crippen molar-refractivity contribution in [1.29, 1.82) is 0 Å². The third kappa shape index (κ3) is 6.49. The van der Waals surface area contributed by atoms with Gasteiger partial charge in [0.15, 0.2) is 5.82 Å². The molecule has 7 rings (SSSR count). The molecule has 1 amide bonds. The number of aromatic nitrogens is 3. The summed E-state index contributed by atoms with van der Waals surface area (Å²) in [7, 11) is -3.49. The molecule has 1 fully saturated rings. The van der Waals surface area contributed by atoms with Crippen LogP contribution in [0.2, 0.25) is 0 Å². The molecule has 0 unspecified atom stereocenters. The maximum atomic E-state index is 15.6. The molecule has 0 saturated heterocycles. The van der Waals surface area contributed by atoms with Crippen LogP contribution in [-0.4, -0.2) is 47.9 Å². The Morgan fingerprint density at radius 3 is 2.65 bits per heavy atom. The highest BCUT2D eigenvalue weighted by atomic mass is 32.2. The molecule has 2 aliphatic carbocycles. The number of pyridine rings is 1. The second-order valence-corrected chi connectivity index (χ2v) is 14.0. The minimum atomic E-state index is -3.49. The number of fused-ring (bicyclic) bond motifs is 2. The van der Waals surface area contributed by atoms with E-state index >= 15 is 4.39 Å². The Bertz CT molecular complexity index is 2170. The van der Waals surface area contributed by atoms with Gasteiger partial charge in [0.1, 0.15) is 24.0 Å². The van der Waals surface area contributed by atoms with E-state index < -0.39 is 21.7 Å². The number of rotatable bonds is 8. The Balaban J connectivity index is 1.24. The predicted molar refractivity (Wildman–Crippen MR) is 179 cm³/mol. The van der Waals surface area contributed by atoms with Crippen molar-refractivity contribution >= 4 is 38.6 Å². The Morgan fingerprint density at radius 2 is 1.88 bits per heavy atom. The van der Waals surface area contributed by atoms with Gasteiger partial charge in [-0.15, -0.1) is 0 Å². The molecule has 0 radical (unpaired) electrons. The number of carbonyl (C=O) groups is 1. The normalized spacial score (nSPS) is 15.9. The molecule has 2 aromatic heterocycles. The van der Waals surface area contributed by atoms with E-state index in [9.17, 15) is 17.6 Å². The number of imidazole rings is 1. The van der Waals surface area contributed by atoms with Crippen LogP contribution in [0.25, 0.3) is 16.7 Å². The van der Waals surface area contributed by atoms with E-state index in [2.05, 4.69) is 30.3 Å². The molecule has 0 spiro atoms. The van der Waals surface area contributed by atoms with Gasteiger partial charge in [-0.1, -0.05) is 12.5 Å². The minimum absolute atomic E-state index is 0.0107. The van der Waals surface area contributed by atoms with Crippen LogP contribution < -0.4 is 21.1 Å². The number of amides is 1. The quantitative estimate of drug-likeness (QED) is 0.183. The second-order valence-electron chi connectivity index (χ2n) is 12.2. The Kier molecular flexibility index (Phi) is 8.13. The zero-order valence-corrected chi connectivity index (χ0v) is 26.7. The van der Waals surface area contributed by atoms with Crippen molar-refractivity contribution in [3.63, 3.8) is 0 Å². The monoisotopic (exact) mass is 670 g/mol. The van der Waals surface area contributed by atoms with Gasteiger partial charge in [0.05, 0.1) is 23.8 Å². The number of hydrogen-bond donors (Lipinski definition) is 5. The van der Waals surface area contributed by atoms with Crippen molar-refractivity contribution in [3.05, 3.63) is 112 Å². The highest BCUT2D eigenvalue weighted by Gasteiger charge is 2.27. The lowest BCUT2D eigenvalue weighted by molar-refractivity contribution is -0.122.